The van der Waals surface area contributed by atoms with Crippen LogP contribution in [0.15, 0.2) is 59.2 Å². The van der Waals surface area contributed by atoms with Crippen LogP contribution in [0.25, 0.3) is 16.5 Å². The SMILES string of the molecule is Cc1cc2oc(F)cc2cc1C1=CC=CN(C(=O)Nc2c(F)cccc2F)C1. The van der Waals surface area contributed by atoms with Gasteiger partial charge in [-0.05, 0) is 54.0 Å². The monoisotopic (exact) mass is 384 g/mol. The molecule has 0 saturated heterocycles. The van der Waals surface area contributed by atoms with Crippen molar-refractivity contribution in [2.75, 3.05) is 11.9 Å². The molecule has 28 heavy (non-hydrogen) atoms. The largest absolute Gasteiger partial charge is 0.431 e. The molecule has 2 heterocycles. The topological polar surface area (TPSA) is 45.5 Å². The van der Waals surface area contributed by atoms with Crippen LogP contribution in [0.4, 0.5) is 23.7 Å². The van der Waals surface area contributed by atoms with Gasteiger partial charge in [0.2, 0.25) is 0 Å². The Balaban J connectivity index is 1.58. The molecule has 4 rings (SSSR count). The second-order valence-corrected chi connectivity index (χ2v) is 6.44. The predicted octanol–water partition coefficient (Wildman–Crippen LogP) is 5.60. The normalized spacial score (nSPS) is 13.7. The van der Waals surface area contributed by atoms with Crippen molar-refractivity contribution in [3.05, 3.63) is 83.5 Å². The maximum Gasteiger partial charge on any atom is 0.326 e. The smallest absolute Gasteiger partial charge is 0.326 e. The van der Waals surface area contributed by atoms with Crippen LogP contribution in [-0.4, -0.2) is 17.5 Å². The molecule has 0 radical (unpaired) electrons. The van der Waals surface area contributed by atoms with Gasteiger partial charge in [0.15, 0.2) is 0 Å². The Morgan fingerprint density at radius 3 is 2.64 bits per heavy atom. The Kier molecular flexibility index (Phi) is 4.43. The van der Waals surface area contributed by atoms with E-state index in [0.29, 0.717) is 11.0 Å². The molecule has 2 amide bonds. The van der Waals surface area contributed by atoms with Crippen LogP contribution in [0.3, 0.4) is 0 Å². The maximum absolute atomic E-state index is 13.8. The van der Waals surface area contributed by atoms with Gasteiger partial charge in [0.05, 0.1) is 6.54 Å². The van der Waals surface area contributed by atoms with Gasteiger partial charge in [-0.2, -0.15) is 4.39 Å². The predicted molar refractivity (Wildman–Crippen MR) is 100 cm³/mol. The lowest BCUT2D eigenvalue weighted by Crippen LogP contribution is -2.33. The second-order valence-electron chi connectivity index (χ2n) is 6.44. The highest BCUT2D eigenvalue weighted by molar-refractivity contribution is 5.93. The van der Waals surface area contributed by atoms with E-state index in [2.05, 4.69) is 5.32 Å². The van der Waals surface area contributed by atoms with Gasteiger partial charge < -0.3 is 9.73 Å². The number of rotatable bonds is 2. The maximum atomic E-state index is 13.8. The fourth-order valence-electron chi connectivity index (χ4n) is 3.16. The molecule has 4 nitrogen and oxygen atoms in total. The number of carbonyl (C=O) groups excluding carboxylic acids is 1. The number of carbonyl (C=O) groups is 1. The minimum atomic E-state index is -0.853. The van der Waals surface area contributed by atoms with E-state index in [4.69, 9.17) is 4.42 Å². The van der Waals surface area contributed by atoms with E-state index in [0.717, 1.165) is 28.8 Å². The molecule has 7 heteroatoms. The van der Waals surface area contributed by atoms with E-state index in [1.165, 1.54) is 23.2 Å². The molecule has 0 unspecified atom stereocenters. The van der Waals surface area contributed by atoms with Gasteiger partial charge in [-0.25, -0.2) is 13.6 Å². The first-order chi connectivity index (χ1) is 13.4. The molecule has 3 aromatic rings. The molecule has 0 saturated carbocycles. The molecule has 0 aliphatic carbocycles. The van der Waals surface area contributed by atoms with Crippen LogP contribution in [-0.2, 0) is 0 Å². The zero-order valence-corrected chi connectivity index (χ0v) is 14.8. The molecule has 0 atom stereocenters. The lowest BCUT2D eigenvalue weighted by atomic mass is 9.97. The number of anilines is 1. The summed E-state index contributed by atoms with van der Waals surface area (Å²) in [4.78, 5) is 13.8. The van der Waals surface area contributed by atoms with Gasteiger partial charge in [0.25, 0.3) is 6.01 Å². The molecule has 1 N–H and O–H groups in total. The summed E-state index contributed by atoms with van der Waals surface area (Å²) in [7, 11) is 0. The second kappa shape index (κ2) is 6.92. The average molecular weight is 384 g/mol. The lowest BCUT2D eigenvalue weighted by Gasteiger charge is -2.24. The average Bonchev–Trinajstić information content (AvgIpc) is 3.03. The van der Waals surface area contributed by atoms with Gasteiger partial charge in [0, 0.05) is 17.7 Å². The van der Waals surface area contributed by atoms with Crippen molar-refractivity contribution >= 4 is 28.3 Å². The zero-order chi connectivity index (χ0) is 19.8. The molecule has 1 aromatic heterocycles. The van der Waals surface area contributed by atoms with E-state index in [9.17, 15) is 18.0 Å². The van der Waals surface area contributed by atoms with Crippen molar-refractivity contribution in [3.8, 4) is 0 Å². The summed E-state index contributed by atoms with van der Waals surface area (Å²) in [6.45, 7) is 2.04. The fourth-order valence-corrected chi connectivity index (χ4v) is 3.16. The Bertz CT molecular complexity index is 1130. The number of aryl methyl sites for hydroxylation is 1. The number of hydrogen-bond donors (Lipinski definition) is 1. The Morgan fingerprint density at radius 2 is 1.89 bits per heavy atom. The number of para-hydroxylation sites is 1. The summed E-state index contributed by atoms with van der Waals surface area (Å²) in [5, 5.41) is 2.87. The number of halogens is 3. The summed E-state index contributed by atoms with van der Waals surface area (Å²) >= 11 is 0. The van der Waals surface area contributed by atoms with E-state index in [-0.39, 0.29) is 6.54 Å². The summed E-state index contributed by atoms with van der Waals surface area (Å²) in [6.07, 6.45) is 5.01. The van der Waals surface area contributed by atoms with Gasteiger partial charge in [-0.15, -0.1) is 0 Å². The minimum absolute atomic E-state index is 0.186. The summed E-state index contributed by atoms with van der Waals surface area (Å²) < 4.78 is 45.9. The molecule has 142 valence electrons. The molecule has 0 spiro atoms. The lowest BCUT2D eigenvalue weighted by molar-refractivity contribution is 0.232. The van der Waals surface area contributed by atoms with Crippen LogP contribution < -0.4 is 5.32 Å². The van der Waals surface area contributed by atoms with Crippen molar-refractivity contribution < 1.29 is 22.4 Å². The first-order valence-electron chi connectivity index (χ1n) is 8.51. The van der Waals surface area contributed by atoms with Gasteiger partial charge >= 0.3 is 6.03 Å². The Morgan fingerprint density at radius 1 is 1.14 bits per heavy atom. The van der Waals surface area contributed by atoms with Crippen LogP contribution >= 0.6 is 0 Å². The van der Waals surface area contributed by atoms with Crippen molar-refractivity contribution in [3.63, 3.8) is 0 Å². The highest BCUT2D eigenvalue weighted by Crippen LogP contribution is 2.29. The highest BCUT2D eigenvalue weighted by Gasteiger charge is 2.20. The number of furan rings is 1. The number of hydrogen-bond acceptors (Lipinski definition) is 2. The van der Waals surface area contributed by atoms with E-state index < -0.39 is 29.4 Å². The number of allylic oxidation sites excluding steroid dienone is 2. The van der Waals surface area contributed by atoms with E-state index in [1.54, 1.807) is 18.2 Å². The molecule has 0 fully saturated rings. The third kappa shape index (κ3) is 3.26. The molecule has 1 aliphatic rings. The first kappa shape index (κ1) is 17.9. The van der Waals surface area contributed by atoms with Crippen molar-refractivity contribution in [1.29, 1.82) is 0 Å². The summed E-state index contributed by atoms with van der Waals surface area (Å²) in [6, 6.07) is 6.83. The zero-order valence-electron chi connectivity index (χ0n) is 14.8. The standard InChI is InChI=1S/C21H15F3N2O2/c1-12-8-18-14(10-19(24)28-18)9-15(12)13-4-3-7-26(11-13)21(27)25-20-16(22)5-2-6-17(20)23/h2-10H,11H2,1H3,(H,25,27). The third-order valence-corrected chi connectivity index (χ3v) is 4.54. The molecule has 0 bridgehead atoms. The quantitative estimate of drug-likeness (QED) is 0.625. The van der Waals surface area contributed by atoms with E-state index in [1.807, 2.05) is 13.0 Å². The summed E-state index contributed by atoms with van der Waals surface area (Å²) in [5.74, 6) is -1.71. The van der Waals surface area contributed by atoms with Gasteiger partial charge in [-0.1, -0.05) is 12.1 Å². The summed E-state index contributed by atoms with van der Waals surface area (Å²) in [5.41, 5.74) is 2.42. The number of nitrogens with zero attached hydrogens (tertiary/aromatic N) is 1. The molecular weight excluding hydrogens is 369 g/mol. The Hall–Kier alpha value is -3.48. The molecule has 1 aliphatic heterocycles. The number of nitrogens with one attached hydrogen (secondary N) is 1. The number of fused-ring (bicyclic) bond motifs is 1. The van der Waals surface area contributed by atoms with Crippen molar-refractivity contribution in [1.82, 2.24) is 4.90 Å². The minimum Gasteiger partial charge on any atom is -0.431 e. The van der Waals surface area contributed by atoms with Crippen LogP contribution in [0.5, 0.6) is 0 Å². The van der Waals surface area contributed by atoms with Gasteiger partial charge in [0.1, 0.15) is 22.9 Å². The van der Waals surface area contributed by atoms with Crippen LogP contribution in [0, 0.1) is 24.6 Å². The van der Waals surface area contributed by atoms with Crippen molar-refractivity contribution in [2.45, 2.75) is 6.92 Å². The van der Waals surface area contributed by atoms with Gasteiger partial charge in [-0.3, -0.25) is 4.90 Å². The number of urea groups is 1. The highest BCUT2D eigenvalue weighted by atomic mass is 19.1. The molecule has 2 aromatic carbocycles. The van der Waals surface area contributed by atoms with Crippen molar-refractivity contribution in [2.24, 2.45) is 0 Å². The van der Waals surface area contributed by atoms with Crippen LogP contribution in [0.1, 0.15) is 11.1 Å². The molecular formula is C21H15F3N2O2. The van der Waals surface area contributed by atoms with E-state index >= 15 is 0 Å². The Labute approximate surface area is 158 Å². The third-order valence-electron chi connectivity index (χ3n) is 4.54. The number of benzene rings is 2. The number of amides is 2. The fraction of sp³-hybridized carbons (Fsp3) is 0.0952. The van der Waals surface area contributed by atoms with Crippen LogP contribution in [0.2, 0.25) is 0 Å². The first-order valence-corrected chi connectivity index (χ1v) is 8.51.